The van der Waals surface area contributed by atoms with E-state index in [1.807, 2.05) is 13.8 Å². The van der Waals surface area contributed by atoms with Gasteiger partial charge in [-0.25, -0.2) is 0 Å². The van der Waals surface area contributed by atoms with E-state index in [2.05, 4.69) is 4.74 Å². The van der Waals surface area contributed by atoms with Crippen molar-refractivity contribution in [2.45, 2.75) is 32.3 Å². The van der Waals surface area contributed by atoms with E-state index < -0.39 is 23.0 Å². The summed E-state index contributed by atoms with van der Waals surface area (Å²) in [6, 6.07) is 0. The number of rotatable bonds is 0. The van der Waals surface area contributed by atoms with Gasteiger partial charge in [-0.2, -0.15) is 0 Å². The fraction of sp³-hybridized carbons (Fsp3) is 0.778. The summed E-state index contributed by atoms with van der Waals surface area (Å²) in [5.74, 6) is -0.844. The molecule has 2 aliphatic rings. The van der Waals surface area contributed by atoms with Crippen molar-refractivity contribution in [1.82, 2.24) is 0 Å². The number of esters is 2. The summed E-state index contributed by atoms with van der Waals surface area (Å²) >= 11 is 0. The van der Waals surface area contributed by atoms with Crippen LogP contribution in [0.1, 0.15) is 26.7 Å². The second kappa shape index (κ2) is 2.32. The number of carbonyl (C=O) groups excluding carboxylic acids is 2. The Kier molecular flexibility index (Phi) is 1.55. The minimum atomic E-state index is -0.718. The van der Waals surface area contributed by atoms with Crippen molar-refractivity contribution in [3.63, 3.8) is 0 Å². The molecule has 0 radical (unpaired) electrons. The lowest BCUT2D eigenvalue weighted by molar-refractivity contribution is -0.158. The van der Waals surface area contributed by atoms with E-state index in [4.69, 9.17) is 4.74 Å². The highest BCUT2D eigenvalue weighted by Crippen LogP contribution is 2.50. The van der Waals surface area contributed by atoms with Crippen molar-refractivity contribution in [3.8, 4) is 0 Å². The third-order valence-electron chi connectivity index (χ3n) is 3.19. The molecule has 0 aromatic rings. The maximum absolute atomic E-state index is 11.5. The first-order valence-electron chi connectivity index (χ1n) is 4.37. The second-order valence-electron chi connectivity index (χ2n) is 4.13. The van der Waals surface area contributed by atoms with Gasteiger partial charge in [-0.1, -0.05) is 0 Å². The molecule has 0 aromatic heterocycles. The Morgan fingerprint density at radius 3 is 2.38 bits per heavy atom. The van der Waals surface area contributed by atoms with Crippen molar-refractivity contribution >= 4 is 11.9 Å². The van der Waals surface area contributed by atoms with Gasteiger partial charge in [0.15, 0.2) is 0 Å². The van der Waals surface area contributed by atoms with Crippen molar-refractivity contribution in [2.24, 2.45) is 5.41 Å². The zero-order chi connectivity index (χ0) is 9.69. The molecule has 2 rings (SSSR count). The van der Waals surface area contributed by atoms with Crippen LogP contribution in [0.2, 0.25) is 0 Å². The molecule has 0 aromatic carbocycles. The van der Waals surface area contributed by atoms with Crippen LogP contribution in [0.25, 0.3) is 0 Å². The van der Waals surface area contributed by atoms with Crippen LogP contribution in [-0.4, -0.2) is 24.1 Å². The van der Waals surface area contributed by atoms with Gasteiger partial charge >= 0.3 is 11.9 Å². The predicted molar refractivity (Wildman–Crippen MR) is 42.8 cm³/mol. The quantitative estimate of drug-likeness (QED) is 0.409. The van der Waals surface area contributed by atoms with Crippen molar-refractivity contribution in [1.29, 1.82) is 0 Å². The number of hydrogen-bond acceptors (Lipinski definition) is 4. The molecule has 2 saturated heterocycles. The normalized spacial score (nSPS) is 37.1. The predicted octanol–water partition coefficient (Wildman–Crippen LogP) is 0.645. The lowest BCUT2D eigenvalue weighted by Gasteiger charge is -2.31. The number of ether oxygens (including phenoxy) is 2. The summed E-state index contributed by atoms with van der Waals surface area (Å²) in [6.45, 7) is 4.19. The van der Waals surface area contributed by atoms with Gasteiger partial charge in [0, 0.05) is 6.61 Å². The highest BCUT2D eigenvalue weighted by atomic mass is 16.6. The summed E-state index contributed by atoms with van der Waals surface area (Å²) in [7, 11) is 0. The Labute approximate surface area is 76.2 Å². The van der Waals surface area contributed by atoms with E-state index in [1.54, 1.807) is 0 Å². The minimum absolute atomic E-state index is 0.166. The molecule has 1 atom stereocenters. The number of cyclic esters (lactones) is 2. The average Bonchev–Trinajstić information content (AvgIpc) is 2.40. The lowest BCUT2D eigenvalue weighted by atomic mass is 9.72. The molecule has 0 N–H and O–H groups in total. The summed E-state index contributed by atoms with van der Waals surface area (Å²) in [5.41, 5.74) is -1.29. The van der Waals surface area contributed by atoms with Crippen LogP contribution < -0.4 is 0 Å². The van der Waals surface area contributed by atoms with E-state index in [0.717, 1.165) is 0 Å². The minimum Gasteiger partial charge on any atom is -0.393 e. The molecule has 13 heavy (non-hydrogen) atoms. The Bertz CT molecular complexity index is 281. The molecule has 0 amide bonds. The van der Waals surface area contributed by atoms with Crippen molar-refractivity contribution in [2.75, 3.05) is 6.61 Å². The third-order valence-corrected chi connectivity index (χ3v) is 3.19. The van der Waals surface area contributed by atoms with Crippen LogP contribution in [-0.2, 0) is 19.1 Å². The van der Waals surface area contributed by atoms with Gasteiger partial charge in [0.05, 0.1) is 12.0 Å². The van der Waals surface area contributed by atoms with Gasteiger partial charge in [0.25, 0.3) is 0 Å². The van der Waals surface area contributed by atoms with Gasteiger partial charge < -0.3 is 9.47 Å². The highest BCUT2D eigenvalue weighted by molar-refractivity contribution is 5.98. The smallest absolute Gasteiger partial charge is 0.323 e. The Hall–Kier alpha value is -0.900. The maximum atomic E-state index is 11.5. The van der Waals surface area contributed by atoms with E-state index in [9.17, 15) is 9.59 Å². The Balaban J connectivity index is 2.40. The Morgan fingerprint density at radius 2 is 2.00 bits per heavy atom. The first-order valence-corrected chi connectivity index (χ1v) is 4.37. The molecule has 72 valence electrons. The molecule has 4 heteroatoms. The van der Waals surface area contributed by atoms with Gasteiger partial charge in [-0.15, -0.1) is 0 Å². The highest BCUT2D eigenvalue weighted by Gasteiger charge is 2.62. The number of carbonyl (C=O) groups is 2. The molecular weight excluding hydrogens is 172 g/mol. The first-order chi connectivity index (χ1) is 5.98. The standard InChI is InChI=1S/C9H12O4/c1-8(2)9(3-4-12-8)5-6(10)13-7(9)11/h3-5H2,1-2H3. The molecule has 0 saturated carbocycles. The molecule has 1 spiro atoms. The molecule has 4 nitrogen and oxygen atoms in total. The van der Waals surface area contributed by atoms with Gasteiger partial charge in [-0.3, -0.25) is 9.59 Å². The molecule has 0 bridgehead atoms. The Morgan fingerprint density at radius 1 is 1.31 bits per heavy atom. The van der Waals surface area contributed by atoms with Gasteiger partial charge in [0.2, 0.25) is 0 Å². The van der Waals surface area contributed by atoms with Crippen LogP contribution >= 0.6 is 0 Å². The van der Waals surface area contributed by atoms with E-state index in [1.165, 1.54) is 0 Å². The molecule has 2 heterocycles. The fourth-order valence-electron chi connectivity index (χ4n) is 2.12. The summed E-state index contributed by atoms with van der Waals surface area (Å²) in [5, 5.41) is 0. The summed E-state index contributed by atoms with van der Waals surface area (Å²) in [4.78, 5) is 22.5. The van der Waals surface area contributed by atoms with Gasteiger partial charge in [-0.05, 0) is 20.3 Å². The van der Waals surface area contributed by atoms with Crippen molar-refractivity contribution < 1.29 is 19.1 Å². The second-order valence-corrected chi connectivity index (χ2v) is 4.13. The molecule has 1 unspecified atom stereocenters. The maximum Gasteiger partial charge on any atom is 0.323 e. The molecule has 2 aliphatic heterocycles. The van der Waals surface area contributed by atoms with Crippen LogP contribution in [0, 0.1) is 5.41 Å². The van der Waals surface area contributed by atoms with Crippen LogP contribution in [0.5, 0.6) is 0 Å². The van der Waals surface area contributed by atoms with E-state index in [-0.39, 0.29) is 6.42 Å². The summed E-state index contributed by atoms with van der Waals surface area (Å²) in [6.07, 6.45) is 0.753. The molecule has 0 aliphatic carbocycles. The SMILES string of the molecule is CC1(C)OCCC12CC(=O)OC2=O. The van der Waals surface area contributed by atoms with Crippen molar-refractivity contribution in [3.05, 3.63) is 0 Å². The van der Waals surface area contributed by atoms with Crippen LogP contribution in [0.4, 0.5) is 0 Å². The number of hydrogen-bond donors (Lipinski definition) is 0. The van der Waals surface area contributed by atoms with E-state index >= 15 is 0 Å². The largest absolute Gasteiger partial charge is 0.393 e. The summed E-state index contributed by atoms with van der Waals surface area (Å²) < 4.78 is 10.0. The molecule has 2 fully saturated rings. The van der Waals surface area contributed by atoms with E-state index in [0.29, 0.717) is 13.0 Å². The average molecular weight is 184 g/mol. The monoisotopic (exact) mass is 184 g/mol. The fourth-order valence-corrected chi connectivity index (χ4v) is 2.12. The topological polar surface area (TPSA) is 52.6 Å². The van der Waals surface area contributed by atoms with Crippen LogP contribution in [0.15, 0.2) is 0 Å². The molecular formula is C9H12O4. The zero-order valence-electron chi connectivity index (χ0n) is 7.75. The first kappa shape index (κ1) is 8.69. The van der Waals surface area contributed by atoms with Crippen LogP contribution in [0.3, 0.4) is 0 Å². The zero-order valence-corrected chi connectivity index (χ0v) is 7.75. The lowest BCUT2D eigenvalue weighted by Crippen LogP contribution is -2.43. The third kappa shape index (κ3) is 0.950. The van der Waals surface area contributed by atoms with Gasteiger partial charge in [0.1, 0.15) is 5.41 Å².